The van der Waals surface area contributed by atoms with Gasteiger partial charge in [0.1, 0.15) is 5.69 Å². The van der Waals surface area contributed by atoms with Crippen LogP contribution in [0, 0.1) is 0 Å². The van der Waals surface area contributed by atoms with Gasteiger partial charge in [-0.05, 0) is 38.5 Å². The molecule has 3 heterocycles. The molecule has 4 rings (SSSR count). The van der Waals surface area contributed by atoms with Crippen molar-refractivity contribution < 1.29 is 4.79 Å². The number of anilines is 1. The minimum atomic E-state index is -0.223. The third-order valence-corrected chi connectivity index (χ3v) is 5.61. The second kappa shape index (κ2) is 7.39. The van der Waals surface area contributed by atoms with Gasteiger partial charge < -0.3 is 10.2 Å². The van der Waals surface area contributed by atoms with E-state index in [4.69, 9.17) is 0 Å². The van der Waals surface area contributed by atoms with E-state index in [-0.39, 0.29) is 5.91 Å². The number of piperidine rings is 1. The monoisotopic (exact) mass is 367 g/mol. The first-order valence-corrected chi connectivity index (χ1v) is 9.62. The molecule has 0 spiro atoms. The average Bonchev–Trinajstić information content (AvgIpc) is 3.32. The van der Waals surface area contributed by atoms with Crippen LogP contribution >= 0.6 is 11.3 Å². The Morgan fingerprint density at radius 1 is 1.19 bits per heavy atom. The van der Waals surface area contributed by atoms with Gasteiger partial charge in [-0.3, -0.25) is 9.48 Å². The van der Waals surface area contributed by atoms with E-state index in [1.54, 1.807) is 5.51 Å². The molecule has 134 valence electrons. The van der Waals surface area contributed by atoms with Gasteiger partial charge >= 0.3 is 0 Å². The number of carbonyl (C=O) groups excluding carboxylic acids is 1. The maximum atomic E-state index is 12.7. The molecule has 26 heavy (non-hydrogen) atoms. The SMILES string of the molecule is CN1CCC(n2ccc(NC(=O)c3ncsc3-c3ccccc3)n2)CC1. The van der Waals surface area contributed by atoms with Crippen LogP contribution in [0.5, 0.6) is 0 Å². The van der Waals surface area contributed by atoms with Gasteiger partial charge in [-0.15, -0.1) is 11.3 Å². The van der Waals surface area contributed by atoms with Crippen molar-refractivity contribution in [2.24, 2.45) is 0 Å². The number of amides is 1. The Morgan fingerprint density at radius 3 is 2.73 bits per heavy atom. The van der Waals surface area contributed by atoms with Crippen LogP contribution in [0.4, 0.5) is 5.82 Å². The second-order valence-electron chi connectivity index (χ2n) is 6.57. The topological polar surface area (TPSA) is 63.0 Å². The number of hydrogen-bond acceptors (Lipinski definition) is 5. The molecule has 0 atom stereocenters. The number of benzene rings is 1. The smallest absolute Gasteiger partial charge is 0.276 e. The largest absolute Gasteiger partial charge is 0.306 e. The van der Waals surface area contributed by atoms with E-state index in [9.17, 15) is 4.79 Å². The fraction of sp³-hybridized carbons (Fsp3) is 0.316. The third-order valence-electron chi connectivity index (χ3n) is 4.73. The summed E-state index contributed by atoms with van der Waals surface area (Å²) in [6.45, 7) is 2.15. The molecule has 1 aliphatic heterocycles. The zero-order valence-corrected chi connectivity index (χ0v) is 15.4. The zero-order chi connectivity index (χ0) is 17.9. The van der Waals surface area contributed by atoms with Gasteiger partial charge in [0.05, 0.1) is 16.4 Å². The van der Waals surface area contributed by atoms with Gasteiger partial charge in [0.15, 0.2) is 5.82 Å². The fourth-order valence-corrected chi connectivity index (χ4v) is 4.04. The third kappa shape index (κ3) is 3.54. The molecule has 1 amide bonds. The Bertz CT molecular complexity index is 880. The molecule has 0 unspecified atom stereocenters. The maximum absolute atomic E-state index is 12.7. The molecule has 0 bridgehead atoms. The normalized spacial score (nSPS) is 15.9. The van der Waals surface area contributed by atoms with Crippen molar-refractivity contribution in [3.63, 3.8) is 0 Å². The summed E-state index contributed by atoms with van der Waals surface area (Å²) >= 11 is 1.47. The maximum Gasteiger partial charge on any atom is 0.276 e. The van der Waals surface area contributed by atoms with Crippen molar-refractivity contribution in [3.8, 4) is 10.4 Å². The van der Waals surface area contributed by atoms with E-state index >= 15 is 0 Å². The van der Waals surface area contributed by atoms with Crippen LogP contribution in [-0.2, 0) is 0 Å². The van der Waals surface area contributed by atoms with Gasteiger partial charge in [0.2, 0.25) is 0 Å². The van der Waals surface area contributed by atoms with Gasteiger partial charge in [-0.2, -0.15) is 5.10 Å². The lowest BCUT2D eigenvalue weighted by molar-refractivity contribution is 0.102. The van der Waals surface area contributed by atoms with Crippen molar-refractivity contribution in [2.75, 3.05) is 25.5 Å². The first kappa shape index (κ1) is 16.9. The predicted molar refractivity (Wildman–Crippen MR) is 103 cm³/mol. The molecule has 2 aromatic heterocycles. The lowest BCUT2D eigenvalue weighted by Gasteiger charge is -2.28. The first-order valence-electron chi connectivity index (χ1n) is 8.74. The molecule has 6 nitrogen and oxygen atoms in total. The molecule has 1 aliphatic rings. The highest BCUT2D eigenvalue weighted by atomic mass is 32.1. The number of nitrogens with zero attached hydrogens (tertiary/aromatic N) is 4. The Kier molecular flexibility index (Phi) is 4.81. The first-order chi connectivity index (χ1) is 12.7. The van der Waals surface area contributed by atoms with E-state index in [0.29, 0.717) is 17.6 Å². The zero-order valence-electron chi connectivity index (χ0n) is 14.6. The van der Waals surface area contributed by atoms with Crippen LogP contribution < -0.4 is 5.32 Å². The van der Waals surface area contributed by atoms with Crippen LogP contribution in [-0.4, -0.2) is 45.7 Å². The van der Waals surface area contributed by atoms with Crippen molar-refractivity contribution in [1.29, 1.82) is 0 Å². The molecule has 0 saturated carbocycles. The van der Waals surface area contributed by atoms with Crippen LogP contribution in [0.3, 0.4) is 0 Å². The summed E-state index contributed by atoms with van der Waals surface area (Å²) in [5, 5.41) is 7.44. The number of hydrogen-bond donors (Lipinski definition) is 1. The number of nitrogens with one attached hydrogen (secondary N) is 1. The summed E-state index contributed by atoms with van der Waals surface area (Å²) in [4.78, 5) is 20.1. The van der Waals surface area contributed by atoms with Crippen LogP contribution in [0.1, 0.15) is 29.4 Å². The van der Waals surface area contributed by atoms with Gasteiger partial charge in [-0.1, -0.05) is 30.3 Å². The molecule has 1 saturated heterocycles. The van der Waals surface area contributed by atoms with Crippen LogP contribution in [0.25, 0.3) is 10.4 Å². The van der Waals surface area contributed by atoms with Crippen molar-refractivity contribution in [2.45, 2.75) is 18.9 Å². The summed E-state index contributed by atoms with van der Waals surface area (Å²) < 4.78 is 1.97. The number of aromatic nitrogens is 3. The number of likely N-dealkylation sites (tertiary alicyclic amines) is 1. The highest BCUT2D eigenvalue weighted by Gasteiger charge is 2.20. The minimum Gasteiger partial charge on any atom is -0.306 e. The van der Waals surface area contributed by atoms with Crippen molar-refractivity contribution in [3.05, 3.63) is 53.8 Å². The van der Waals surface area contributed by atoms with E-state index < -0.39 is 0 Å². The standard InChI is InChI=1S/C19H21N5OS/c1-23-10-7-15(8-11-23)24-12-9-16(22-24)21-19(25)17-18(26-13-20-17)14-5-3-2-4-6-14/h2-6,9,12-13,15H,7-8,10-11H2,1H3,(H,21,22,25). The summed E-state index contributed by atoms with van der Waals surface area (Å²) in [7, 11) is 2.14. The molecule has 0 radical (unpaired) electrons. The van der Waals surface area contributed by atoms with Gasteiger partial charge in [0.25, 0.3) is 5.91 Å². The van der Waals surface area contributed by atoms with Crippen molar-refractivity contribution >= 4 is 23.1 Å². The Balaban J connectivity index is 1.47. The Labute approximate surface area is 156 Å². The summed E-state index contributed by atoms with van der Waals surface area (Å²) in [6, 6.07) is 12.1. The molecular weight excluding hydrogens is 346 g/mol. The molecule has 1 aromatic carbocycles. The summed E-state index contributed by atoms with van der Waals surface area (Å²) in [5.74, 6) is 0.347. The lowest BCUT2D eigenvalue weighted by atomic mass is 10.1. The molecule has 3 aromatic rings. The Hall–Kier alpha value is -2.51. The van der Waals surface area contributed by atoms with Gasteiger partial charge in [-0.25, -0.2) is 4.98 Å². The van der Waals surface area contributed by atoms with Crippen molar-refractivity contribution in [1.82, 2.24) is 19.7 Å². The average molecular weight is 367 g/mol. The van der Waals surface area contributed by atoms with Crippen LogP contribution in [0.15, 0.2) is 48.1 Å². The number of rotatable bonds is 4. The van der Waals surface area contributed by atoms with Crippen LogP contribution in [0.2, 0.25) is 0 Å². The number of carbonyl (C=O) groups is 1. The highest BCUT2D eigenvalue weighted by Crippen LogP contribution is 2.28. The Morgan fingerprint density at radius 2 is 1.96 bits per heavy atom. The highest BCUT2D eigenvalue weighted by molar-refractivity contribution is 7.13. The van der Waals surface area contributed by atoms with E-state index in [0.717, 1.165) is 36.4 Å². The summed E-state index contributed by atoms with van der Waals surface area (Å²) in [6.07, 6.45) is 4.11. The van der Waals surface area contributed by atoms with E-state index in [1.165, 1.54) is 11.3 Å². The number of thiazole rings is 1. The quantitative estimate of drug-likeness (QED) is 0.766. The molecule has 0 aliphatic carbocycles. The second-order valence-corrected chi connectivity index (χ2v) is 7.42. The predicted octanol–water partition coefficient (Wildman–Crippen LogP) is 3.53. The lowest BCUT2D eigenvalue weighted by Crippen LogP contribution is -2.31. The summed E-state index contributed by atoms with van der Waals surface area (Å²) in [5.41, 5.74) is 3.14. The minimum absolute atomic E-state index is 0.223. The van der Waals surface area contributed by atoms with Gasteiger partial charge in [0, 0.05) is 12.3 Å². The molecule has 7 heteroatoms. The van der Waals surface area contributed by atoms with E-state index in [1.807, 2.05) is 47.3 Å². The molecule has 1 fully saturated rings. The fourth-order valence-electron chi connectivity index (χ4n) is 3.25. The molecule has 1 N–H and O–H groups in total. The van der Waals surface area contributed by atoms with E-state index in [2.05, 4.69) is 27.3 Å². The molecular formula is C19H21N5OS.